The van der Waals surface area contributed by atoms with E-state index < -0.39 is 5.69 Å². The number of aryl methyl sites for hydroxylation is 1. The lowest BCUT2D eigenvalue weighted by molar-refractivity contribution is 0.359. The van der Waals surface area contributed by atoms with E-state index in [1.54, 1.807) is 6.92 Å². The number of rotatable bonds is 3. The van der Waals surface area contributed by atoms with E-state index in [0.717, 1.165) is 0 Å². The van der Waals surface area contributed by atoms with E-state index in [1.165, 1.54) is 10.8 Å². The molecule has 0 aliphatic carbocycles. The Morgan fingerprint density at radius 2 is 2.17 bits per heavy atom. The summed E-state index contributed by atoms with van der Waals surface area (Å²) in [5, 5.41) is 3.79. The summed E-state index contributed by atoms with van der Waals surface area (Å²) in [6, 6.07) is 0. The van der Waals surface area contributed by atoms with E-state index in [4.69, 9.17) is 4.52 Å². The van der Waals surface area contributed by atoms with E-state index in [9.17, 15) is 9.59 Å². The van der Waals surface area contributed by atoms with E-state index >= 15 is 0 Å². The molecule has 0 unspecified atom stereocenters. The summed E-state index contributed by atoms with van der Waals surface area (Å²) in [6.45, 7) is 5.68. The first-order valence-corrected chi connectivity index (χ1v) is 5.60. The van der Waals surface area contributed by atoms with Crippen molar-refractivity contribution >= 4 is 0 Å². The van der Waals surface area contributed by atoms with Gasteiger partial charge in [-0.2, -0.15) is 4.98 Å². The first-order valence-electron chi connectivity index (χ1n) is 5.60. The van der Waals surface area contributed by atoms with E-state index in [1.807, 2.05) is 13.8 Å². The highest BCUT2D eigenvalue weighted by atomic mass is 16.5. The van der Waals surface area contributed by atoms with Crippen molar-refractivity contribution in [3.8, 4) is 0 Å². The summed E-state index contributed by atoms with van der Waals surface area (Å²) in [5.41, 5.74) is -0.407. The molecule has 96 valence electrons. The zero-order chi connectivity index (χ0) is 13.3. The lowest BCUT2D eigenvalue weighted by Gasteiger charge is -2.01. The van der Waals surface area contributed by atoms with Gasteiger partial charge in [0.25, 0.3) is 5.56 Å². The van der Waals surface area contributed by atoms with Gasteiger partial charge in [0.1, 0.15) is 0 Å². The highest BCUT2D eigenvalue weighted by Crippen LogP contribution is 2.10. The fourth-order valence-corrected chi connectivity index (χ4v) is 1.45. The molecule has 2 aromatic heterocycles. The Hall–Kier alpha value is -2.18. The third kappa shape index (κ3) is 2.39. The van der Waals surface area contributed by atoms with Gasteiger partial charge in [-0.3, -0.25) is 14.3 Å². The van der Waals surface area contributed by atoms with Crippen molar-refractivity contribution in [1.29, 1.82) is 0 Å². The molecule has 18 heavy (non-hydrogen) atoms. The molecule has 0 aromatic carbocycles. The molecule has 2 heterocycles. The minimum Gasteiger partial charge on any atom is -0.339 e. The maximum Gasteiger partial charge on any atom is 0.328 e. The fraction of sp³-hybridized carbons (Fsp3) is 0.455. The second-order valence-electron chi connectivity index (χ2n) is 4.40. The largest absolute Gasteiger partial charge is 0.339 e. The van der Waals surface area contributed by atoms with Gasteiger partial charge in [0.15, 0.2) is 5.82 Å². The predicted octanol–water partition coefficient (Wildman–Crippen LogP) is 0.400. The Bertz CT molecular complexity index is 665. The SMILES string of the molecule is Cc1cn(Cc2noc(C(C)C)n2)c(=O)[nH]c1=O. The minimum atomic E-state index is -0.485. The van der Waals surface area contributed by atoms with Crippen LogP contribution in [0, 0.1) is 6.92 Å². The molecular weight excluding hydrogens is 236 g/mol. The monoisotopic (exact) mass is 250 g/mol. The second-order valence-corrected chi connectivity index (χ2v) is 4.40. The molecule has 0 atom stereocenters. The molecule has 0 amide bonds. The lowest BCUT2D eigenvalue weighted by atomic mass is 10.2. The Morgan fingerprint density at radius 1 is 1.44 bits per heavy atom. The van der Waals surface area contributed by atoms with Crippen LogP contribution in [0.15, 0.2) is 20.3 Å². The molecule has 2 aromatic rings. The first-order chi connectivity index (χ1) is 8.47. The fourth-order valence-electron chi connectivity index (χ4n) is 1.45. The smallest absolute Gasteiger partial charge is 0.328 e. The van der Waals surface area contributed by atoms with Crippen LogP contribution in [0.2, 0.25) is 0 Å². The molecule has 0 spiro atoms. The average Bonchev–Trinajstić information content (AvgIpc) is 2.74. The minimum absolute atomic E-state index is 0.139. The van der Waals surface area contributed by atoms with Crippen molar-refractivity contribution in [2.75, 3.05) is 0 Å². The maximum absolute atomic E-state index is 11.6. The third-order valence-corrected chi connectivity index (χ3v) is 2.48. The Balaban J connectivity index is 2.31. The number of H-pyrrole nitrogens is 1. The third-order valence-electron chi connectivity index (χ3n) is 2.48. The Labute approximate surface area is 102 Å². The maximum atomic E-state index is 11.6. The van der Waals surface area contributed by atoms with Crippen molar-refractivity contribution < 1.29 is 4.52 Å². The number of nitrogens with one attached hydrogen (secondary N) is 1. The van der Waals surface area contributed by atoms with Gasteiger partial charge >= 0.3 is 5.69 Å². The number of hydrogen-bond acceptors (Lipinski definition) is 5. The normalized spacial score (nSPS) is 11.1. The lowest BCUT2D eigenvalue weighted by Crippen LogP contribution is -2.31. The summed E-state index contributed by atoms with van der Waals surface area (Å²) in [7, 11) is 0. The number of aromatic nitrogens is 4. The molecule has 0 aliphatic heterocycles. The molecule has 0 radical (unpaired) electrons. The van der Waals surface area contributed by atoms with Gasteiger partial charge in [-0.1, -0.05) is 19.0 Å². The van der Waals surface area contributed by atoms with E-state index in [0.29, 0.717) is 17.3 Å². The molecule has 0 bridgehead atoms. The van der Waals surface area contributed by atoms with Crippen molar-refractivity contribution in [3.63, 3.8) is 0 Å². The van der Waals surface area contributed by atoms with Gasteiger partial charge in [0.2, 0.25) is 5.89 Å². The summed E-state index contributed by atoms with van der Waals surface area (Å²) < 4.78 is 6.38. The van der Waals surface area contributed by atoms with Gasteiger partial charge in [-0.25, -0.2) is 4.79 Å². The molecule has 7 nitrogen and oxygen atoms in total. The predicted molar refractivity (Wildman–Crippen MR) is 63.5 cm³/mol. The molecule has 7 heteroatoms. The number of nitrogens with zero attached hydrogens (tertiary/aromatic N) is 3. The summed E-state index contributed by atoms with van der Waals surface area (Å²) in [4.78, 5) is 29.2. The van der Waals surface area contributed by atoms with Crippen LogP contribution in [0.3, 0.4) is 0 Å². The van der Waals surface area contributed by atoms with Crippen LogP contribution < -0.4 is 11.2 Å². The topological polar surface area (TPSA) is 93.8 Å². The molecule has 0 fully saturated rings. The highest BCUT2D eigenvalue weighted by Gasteiger charge is 2.11. The zero-order valence-electron chi connectivity index (χ0n) is 10.4. The van der Waals surface area contributed by atoms with Crippen LogP contribution >= 0.6 is 0 Å². The van der Waals surface area contributed by atoms with Crippen LogP contribution in [0.25, 0.3) is 0 Å². The molecular formula is C11H14N4O3. The van der Waals surface area contributed by atoms with Crippen molar-refractivity contribution in [2.24, 2.45) is 0 Å². The second kappa shape index (κ2) is 4.59. The van der Waals surface area contributed by atoms with E-state index in [-0.39, 0.29) is 18.0 Å². The quantitative estimate of drug-likeness (QED) is 0.850. The summed E-state index contributed by atoms with van der Waals surface area (Å²) in [5.74, 6) is 1.08. The Morgan fingerprint density at radius 3 is 2.78 bits per heavy atom. The van der Waals surface area contributed by atoms with Crippen LogP contribution in [-0.4, -0.2) is 19.7 Å². The average molecular weight is 250 g/mol. The van der Waals surface area contributed by atoms with E-state index in [2.05, 4.69) is 15.1 Å². The van der Waals surface area contributed by atoms with Gasteiger partial charge in [0, 0.05) is 17.7 Å². The van der Waals surface area contributed by atoms with Crippen molar-refractivity contribution in [1.82, 2.24) is 19.7 Å². The highest BCUT2D eigenvalue weighted by molar-refractivity contribution is 5.02. The van der Waals surface area contributed by atoms with Crippen LogP contribution in [0.1, 0.15) is 37.0 Å². The number of hydrogen-bond donors (Lipinski definition) is 1. The molecule has 1 N–H and O–H groups in total. The van der Waals surface area contributed by atoms with Crippen LogP contribution in [0.5, 0.6) is 0 Å². The Kier molecular flexibility index (Phi) is 3.14. The summed E-state index contributed by atoms with van der Waals surface area (Å²) in [6.07, 6.45) is 1.48. The van der Waals surface area contributed by atoms with Crippen LogP contribution in [0.4, 0.5) is 0 Å². The van der Waals surface area contributed by atoms with Crippen molar-refractivity contribution in [2.45, 2.75) is 33.2 Å². The standard InChI is InChI=1S/C11H14N4O3/c1-6(2)10-12-8(14-18-10)5-15-4-7(3)9(16)13-11(15)17/h4,6H,5H2,1-3H3,(H,13,16,17). The molecule has 0 aliphatic rings. The first kappa shape index (κ1) is 12.3. The molecule has 0 saturated heterocycles. The van der Waals surface area contributed by atoms with Gasteiger partial charge < -0.3 is 4.52 Å². The summed E-state index contributed by atoms with van der Waals surface area (Å²) >= 11 is 0. The van der Waals surface area contributed by atoms with Gasteiger partial charge in [0.05, 0.1) is 6.54 Å². The number of aromatic amines is 1. The van der Waals surface area contributed by atoms with Crippen LogP contribution in [-0.2, 0) is 6.54 Å². The van der Waals surface area contributed by atoms with Crippen molar-refractivity contribution in [3.05, 3.63) is 44.3 Å². The molecule has 2 rings (SSSR count). The van der Waals surface area contributed by atoms with Gasteiger partial charge in [-0.05, 0) is 6.92 Å². The zero-order valence-corrected chi connectivity index (χ0v) is 10.4. The van der Waals surface area contributed by atoms with Gasteiger partial charge in [-0.15, -0.1) is 0 Å². The molecule has 0 saturated carbocycles.